The summed E-state index contributed by atoms with van der Waals surface area (Å²) in [5, 5.41) is 4.57. The summed E-state index contributed by atoms with van der Waals surface area (Å²) in [6.45, 7) is 0. The van der Waals surface area contributed by atoms with Crippen LogP contribution in [0.5, 0.6) is 0 Å². The maximum absolute atomic E-state index is 13.8. The number of nitrogens with two attached hydrogens (primary N) is 2. The molecule has 2 fully saturated rings. The van der Waals surface area contributed by atoms with E-state index in [9.17, 15) is 9.59 Å². The number of carbonyl (C=O) groups is 2. The first-order valence-electron chi connectivity index (χ1n) is 11.0. The van der Waals surface area contributed by atoms with Crippen molar-refractivity contribution in [3.8, 4) is 5.69 Å². The first kappa shape index (κ1) is 20.4. The van der Waals surface area contributed by atoms with E-state index < -0.39 is 22.6 Å². The molecule has 1 aromatic heterocycles. The van der Waals surface area contributed by atoms with Gasteiger partial charge < -0.3 is 11.5 Å². The van der Waals surface area contributed by atoms with Gasteiger partial charge in [0.05, 0.1) is 11.4 Å². The van der Waals surface area contributed by atoms with Crippen molar-refractivity contribution < 1.29 is 9.59 Å². The predicted molar refractivity (Wildman–Crippen MR) is 127 cm³/mol. The monoisotopic (exact) mass is 502 g/mol. The Morgan fingerprint density at radius 3 is 2.06 bits per heavy atom. The molecule has 6 rings (SSSR count). The van der Waals surface area contributed by atoms with Crippen molar-refractivity contribution >= 4 is 27.7 Å². The summed E-state index contributed by atoms with van der Waals surface area (Å²) in [5.41, 5.74) is 11.9. The van der Waals surface area contributed by atoms with E-state index in [1.165, 1.54) is 0 Å². The van der Waals surface area contributed by atoms with Crippen LogP contribution >= 0.6 is 15.9 Å². The molecule has 0 aliphatic heterocycles. The zero-order chi connectivity index (χ0) is 23.0. The Morgan fingerprint density at radius 1 is 0.879 bits per heavy atom. The molecule has 166 valence electrons. The van der Waals surface area contributed by atoms with Gasteiger partial charge in [0, 0.05) is 22.5 Å². The average molecular weight is 503 g/mol. The summed E-state index contributed by atoms with van der Waals surface area (Å²) in [6, 6.07) is 19.0. The molecular weight excluding hydrogens is 480 g/mol. The number of nitrogens with zero attached hydrogens (tertiary/aromatic N) is 2. The van der Waals surface area contributed by atoms with Crippen LogP contribution in [-0.4, -0.2) is 21.6 Å². The Labute approximate surface area is 199 Å². The van der Waals surface area contributed by atoms with E-state index in [1.54, 1.807) is 10.9 Å². The summed E-state index contributed by atoms with van der Waals surface area (Å²) < 4.78 is 2.62. The fraction of sp³-hybridized carbons (Fsp3) is 0.269. The summed E-state index contributed by atoms with van der Waals surface area (Å²) in [5.74, 6) is -1.55. The predicted octanol–water partition coefficient (Wildman–Crippen LogP) is 3.38. The van der Waals surface area contributed by atoms with Gasteiger partial charge in [-0.05, 0) is 54.2 Å². The molecular formula is C26H23BrN4O2. The highest BCUT2D eigenvalue weighted by atomic mass is 79.9. The molecule has 4 atom stereocenters. The summed E-state index contributed by atoms with van der Waals surface area (Å²) >= 11 is 3.49. The molecule has 2 aromatic carbocycles. The van der Waals surface area contributed by atoms with Crippen LogP contribution in [0.25, 0.3) is 5.69 Å². The van der Waals surface area contributed by atoms with Crippen molar-refractivity contribution in [1.29, 1.82) is 0 Å². The van der Waals surface area contributed by atoms with Gasteiger partial charge in [-0.2, -0.15) is 5.10 Å². The summed E-state index contributed by atoms with van der Waals surface area (Å²) in [7, 11) is 0. The quantitative estimate of drug-likeness (QED) is 0.522. The van der Waals surface area contributed by atoms with Crippen molar-refractivity contribution in [1.82, 2.24) is 9.78 Å². The van der Waals surface area contributed by atoms with Gasteiger partial charge in [-0.25, -0.2) is 4.68 Å². The fourth-order valence-electron chi connectivity index (χ4n) is 7.03. The standard InChI is InChI=1S/C26H23BrN4O2/c27-17-8-6-16(7-9-17)25(22(28)32)19-10-11-20(24(19)13-14-24)26(25,23(29)33)21-12-15-30-31(21)18-4-2-1-3-5-18/h1-12,15,19-20H,13-14H2,(H2,28,32)(H2,29,33)/t19-,20+,25+,26+/m0/s1. The Hall–Kier alpha value is -3.19. The number of allylic oxidation sites excluding steroid dienone is 2. The van der Waals surface area contributed by atoms with Crippen LogP contribution in [0.3, 0.4) is 0 Å². The van der Waals surface area contributed by atoms with Crippen molar-refractivity contribution in [2.24, 2.45) is 28.7 Å². The van der Waals surface area contributed by atoms with E-state index in [0.717, 1.165) is 23.0 Å². The number of carbonyl (C=O) groups excluding carboxylic acids is 2. The molecule has 33 heavy (non-hydrogen) atoms. The largest absolute Gasteiger partial charge is 0.369 e. The van der Waals surface area contributed by atoms with Crippen LogP contribution in [-0.2, 0) is 20.4 Å². The zero-order valence-electron chi connectivity index (χ0n) is 17.8. The van der Waals surface area contributed by atoms with Crippen LogP contribution in [0.2, 0.25) is 0 Å². The van der Waals surface area contributed by atoms with Crippen molar-refractivity contribution in [2.45, 2.75) is 23.7 Å². The second-order valence-electron chi connectivity index (χ2n) is 9.39. The number of halogens is 1. The minimum atomic E-state index is -1.38. The van der Waals surface area contributed by atoms with Crippen LogP contribution in [0.4, 0.5) is 0 Å². The minimum absolute atomic E-state index is 0.205. The molecule has 2 bridgehead atoms. The minimum Gasteiger partial charge on any atom is -0.369 e. The van der Waals surface area contributed by atoms with Gasteiger partial charge in [-0.1, -0.05) is 58.4 Å². The third-order valence-corrected chi connectivity index (χ3v) is 8.77. The van der Waals surface area contributed by atoms with Gasteiger partial charge >= 0.3 is 0 Å². The Balaban J connectivity index is 1.74. The molecule has 0 radical (unpaired) electrons. The highest BCUT2D eigenvalue weighted by Gasteiger charge is 2.84. The van der Waals surface area contributed by atoms with Gasteiger partial charge in [-0.15, -0.1) is 0 Å². The molecule has 2 saturated carbocycles. The number of amides is 2. The van der Waals surface area contributed by atoms with Crippen molar-refractivity contribution in [3.63, 3.8) is 0 Å². The molecule has 2 amide bonds. The maximum Gasteiger partial charge on any atom is 0.231 e. The molecule has 3 aliphatic rings. The molecule has 1 spiro atoms. The molecule has 6 nitrogen and oxygen atoms in total. The zero-order valence-corrected chi connectivity index (χ0v) is 19.4. The van der Waals surface area contributed by atoms with Gasteiger partial charge in [-0.3, -0.25) is 9.59 Å². The van der Waals surface area contributed by atoms with E-state index in [0.29, 0.717) is 11.3 Å². The lowest BCUT2D eigenvalue weighted by Gasteiger charge is -2.48. The molecule has 3 aromatic rings. The normalized spacial score (nSPS) is 30.6. The Morgan fingerprint density at radius 2 is 1.48 bits per heavy atom. The molecule has 0 unspecified atom stereocenters. The number of hydrogen-bond acceptors (Lipinski definition) is 3. The topological polar surface area (TPSA) is 104 Å². The van der Waals surface area contributed by atoms with E-state index in [-0.39, 0.29) is 17.3 Å². The number of hydrogen-bond donors (Lipinski definition) is 2. The lowest BCUT2D eigenvalue weighted by atomic mass is 9.52. The average Bonchev–Trinajstić information content (AvgIpc) is 3.21. The van der Waals surface area contributed by atoms with Crippen molar-refractivity contribution in [2.75, 3.05) is 0 Å². The number of aromatic nitrogens is 2. The number of primary amides is 2. The first-order valence-corrected chi connectivity index (χ1v) is 11.8. The summed E-state index contributed by atoms with van der Waals surface area (Å²) in [6.07, 6.45) is 7.69. The third kappa shape index (κ3) is 2.26. The SMILES string of the molecule is NC(=O)[C@]1(c2ccnn2-c2ccccc2)[C@@H]2C=C[C@@H](C23CC3)[C@@]1(C(N)=O)c1ccc(Br)cc1. The van der Waals surface area contributed by atoms with Crippen LogP contribution in [0, 0.1) is 17.3 Å². The highest BCUT2D eigenvalue weighted by molar-refractivity contribution is 9.10. The van der Waals surface area contributed by atoms with Gasteiger partial charge in [0.25, 0.3) is 0 Å². The van der Waals surface area contributed by atoms with Crippen LogP contribution in [0.1, 0.15) is 24.1 Å². The van der Waals surface area contributed by atoms with Crippen LogP contribution < -0.4 is 11.5 Å². The first-order chi connectivity index (χ1) is 15.9. The van der Waals surface area contributed by atoms with Crippen LogP contribution in [0.15, 0.2) is 83.5 Å². The Bertz CT molecular complexity index is 1310. The highest BCUT2D eigenvalue weighted by Crippen LogP contribution is 2.80. The molecule has 4 N–H and O–H groups in total. The van der Waals surface area contributed by atoms with Gasteiger partial charge in [0.2, 0.25) is 11.8 Å². The molecule has 0 saturated heterocycles. The summed E-state index contributed by atoms with van der Waals surface area (Å²) in [4.78, 5) is 27.5. The van der Waals surface area contributed by atoms with Gasteiger partial charge in [0.1, 0.15) is 10.8 Å². The number of para-hydroxylation sites is 1. The molecule has 3 aliphatic carbocycles. The molecule has 1 heterocycles. The lowest BCUT2D eigenvalue weighted by molar-refractivity contribution is -0.137. The van der Waals surface area contributed by atoms with E-state index in [4.69, 9.17) is 11.5 Å². The maximum atomic E-state index is 13.8. The number of rotatable bonds is 5. The smallest absolute Gasteiger partial charge is 0.231 e. The third-order valence-electron chi connectivity index (χ3n) is 8.24. The lowest BCUT2D eigenvalue weighted by Crippen LogP contribution is -2.65. The van der Waals surface area contributed by atoms with E-state index >= 15 is 0 Å². The van der Waals surface area contributed by atoms with E-state index in [1.807, 2.05) is 60.7 Å². The number of benzene rings is 2. The second kappa shape index (κ2) is 6.67. The second-order valence-corrected chi connectivity index (χ2v) is 10.3. The fourth-order valence-corrected chi connectivity index (χ4v) is 7.29. The Kier molecular flexibility index (Phi) is 4.13. The molecule has 7 heteroatoms. The van der Waals surface area contributed by atoms with Gasteiger partial charge in [0.15, 0.2) is 0 Å². The van der Waals surface area contributed by atoms with Crippen molar-refractivity contribution in [3.05, 3.63) is 94.7 Å². The van der Waals surface area contributed by atoms with E-state index in [2.05, 4.69) is 33.2 Å².